The van der Waals surface area contributed by atoms with Crippen LogP contribution in [-0.2, 0) is 11.8 Å². The Hall–Kier alpha value is -4.08. The zero-order chi connectivity index (χ0) is 23.7. The summed E-state index contributed by atoms with van der Waals surface area (Å²) < 4.78 is 7.35. The average Bonchev–Trinajstić information content (AvgIpc) is 3.47. The summed E-state index contributed by atoms with van der Waals surface area (Å²) in [5.74, 6) is 0.793. The maximum Gasteiger partial charge on any atom is 0.251 e. The summed E-state index contributed by atoms with van der Waals surface area (Å²) >= 11 is 0. The van der Waals surface area contributed by atoms with Gasteiger partial charge in [-0.25, -0.2) is 0 Å². The minimum atomic E-state index is -0.254. The van der Waals surface area contributed by atoms with Gasteiger partial charge in [0.05, 0.1) is 17.8 Å². The Bertz CT molecular complexity index is 1340. The molecule has 0 atom stereocenters. The number of nitrogens with one attached hydrogen (secondary N) is 1. The maximum atomic E-state index is 12.5. The van der Waals surface area contributed by atoms with Gasteiger partial charge < -0.3 is 14.7 Å². The molecule has 2 amide bonds. The van der Waals surface area contributed by atoms with E-state index in [-0.39, 0.29) is 24.3 Å². The van der Waals surface area contributed by atoms with Crippen LogP contribution >= 0.6 is 0 Å². The third-order valence-electron chi connectivity index (χ3n) is 6.19. The second-order valence-corrected chi connectivity index (χ2v) is 8.46. The van der Waals surface area contributed by atoms with E-state index in [4.69, 9.17) is 4.52 Å². The number of rotatable bonds is 5. The Morgan fingerprint density at radius 2 is 1.94 bits per heavy atom. The molecule has 174 valence electrons. The van der Waals surface area contributed by atoms with E-state index < -0.39 is 0 Å². The molecular formula is C24H25N7O3. The molecule has 0 radical (unpaired) electrons. The van der Waals surface area contributed by atoms with Crippen molar-refractivity contribution >= 4 is 22.8 Å². The molecular weight excluding hydrogens is 434 g/mol. The van der Waals surface area contributed by atoms with Crippen LogP contribution in [0.1, 0.15) is 40.7 Å². The fraction of sp³-hybridized carbons (Fsp3) is 0.333. The molecule has 0 saturated carbocycles. The number of carbonyl (C=O) groups excluding carboxylic acids is 2. The number of aryl methyl sites for hydroxylation is 2. The molecule has 0 unspecified atom stereocenters. The van der Waals surface area contributed by atoms with Crippen molar-refractivity contribution < 1.29 is 14.1 Å². The van der Waals surface area contributed by atoms with Crippen LogP contribution in [-0.4, -0.2) is 61.3 Å². The molecule has 1 aromatic carbocycles. The average molecular weight is 460 g/mol. The Morgan fingerprint density at radius 3 is 2.71 bits per heavy atom. The number of hydrogen-bond acceptors (Lipinski definition) is 7. The number of benzene rings is 1. The SMILES string of the molecule is Cc1nn(C)c2cc(-c3noc(C4CCN(C(=O)CNC(=O)c5ccccc5)CC4)n3)cnc12. The Kier molecular flexibility index (Phi) is 5.79. The Balaban J connectivity index is 1.17. The quantitative estimate of drug-likeness (QED) is 0.487. The fourth-order valence-electron chi connectivity index (χ4n) is 4.28. The van der Waals surface area contributed by atoms with E-state index >= 15 is 0 Å². The number of pyridine rings is 1. The number of aromatic nitrogens is 5. The second-order valence-electron chi connectivity index (χ2n) is 8.46. The third-order valence-corrected chi connectivity index (χ3v) is 6.19. The number of fused-ring (bicyclic) bond motifs is 1. The van der Waals surface area contributed by atoms with E-state index in [9.17, 15) is 9.59 Å². The minimum absolute atomic E-state index is 0.0218. The van der Waals surface area contributed by atoms with Gasteiger partial charge in [0, 0.05) is 43.4 Å². The van der Waals surface area contributed by atoms with Crippen LogP contribution in [0.5, 0.6) is 0 Å². The predicted molar refractivity (Wildman–Crippen MR) is 124 cm³/mol. The zero-order valence-corrected chi connectivity index (χ0v) is 19.1. The van der Waals surface area contributed by atoms with E-state index in [1.807, 2.05) is 26.1 Å². The molecule has 10 heteroatoms. The topological polar surface area (TPSA) is 119 Å². The smallest absolute Gasteiger partial charge is 0.251 e. The molecule has 1 aliphatic rings. The third kappa shape index (κ3) is 4.26. The molecule has 3 aromatic heterocycles. The lowest BCUT2D eigenvalue weighted by Gasteiger charge is -2.30. The lowest BCUT2D eigenvalue weighted by molar-refractivity contribution is -0.131. The first-order valence-electron chi connectivity index (χ1n) is 11.2. The predicted octanol–water partition coefficient (Wildman–Crippen LogP) is 2.46. The van der Waals surface area contributed by atoms with Crippen molar-refractivity contribution in [1.29, 1.82) is 0 Å². The van der Waals surface area contributed by atoms with Gasteiger partial charge in [-0.2, -0.15) is 10.1 Å². The van der Waals surface area contributed by atoms with Crippen LogP contribution in [0.25, 0.3) is 22.4 Å². The highest BCUT2D eigenvalue weighted by Crippen LogP contribution is 2.29. The minimum Gasteiger partial charge on any atom is -0.343 e. The first-order chi connectivity index (χ1) is 16.5. The van der Waals surface area contributed by atoms with E-state index in [0.29, 0.717) is 30.4 Å². The van der Waals surface area contributed by atoms with Crippen molar-refractivity contribution in [1.82, 2.24) is 35.1 Å². The van der Waals surface area contributed by atoms with Gasteiger partial charge >= 0.3 is 0 Å². The van der Waals surface area contributed by atoms with Crippen molar-refractivity contribution in [3.63, 3.8) is 0 Å². The van der Waals surface area contributed by atoms with E-state index in [0.717, 1.165) is 35.1 Å². The first-order valence-corrected chi connectivity index (χ1v) is 11.2. The summed E-state index contributed by atoms with van der Waals surface area (Å²) in [6.07, 6.45) is 3.17. The Morgan fingerprint density at radius 1 is 1.18 bits per heavy atom. The van der Waals surface area contributed by atoms with Gasteiger partial charge in [0.1, 0.15) is 5.52 Å². The summed E-state index contributed by atoms with van der Waals surface area (Å²) in [7, 11) is 1.88. The number of carbonyl (C=O) groups is 2. The van der Waals surface area contributed by atoms with Crippen molar-refractivity contribution in [2.24, 2.45) is 7.05 Å². The molecule has 34 heavy (non-hydrogen) atoms. The van der Waals surface area contributed by atoms with Crippen molar-refractivity contribution in [3.8, 4) is 11.4 Å². The normalized spacial score (nSPS) is 14.5. The second kappa shape index (κ2) is 9.05. The number of amides is 2. The van der Waals surface area contributed by atoms with Crippen LogP contribution in [0.4, 0.5) is 0 Å². The van der Waals surface area contributed by atoms with E-state index in [1.165, 1.54) is 0 Å². The summed E-state index contributed by atoms with van der Waals surface area (Å²) in [6, 6.07) is 10.8. The van der Waals surface area contributed by atoms with Crippen LogP contribution in [0, 0.1) is 6.92 Å². The van der Waals surface area contributed by atoms with Gasteiger partial charge in [0.15, 0.2) is 0 Å². The molecule has 4 heterocycles. The number of piperidine rings is 1. The van der Waals surface area contributed by atoms with Gasteiger partial charge in [-0.1, -0.05) is 23.4 Å². The lowest BCUT2D eigenvalue weighted by Crippen LogP contribution is -2.43. The van der Waals surface area contributed by atoms with Crippen LogP contribution < -0.4 is 5.32 Å². The summed E-state index contributed by atoms with van der Waals surface area (Å²) in [6.45, 7) is 3.05. The largest absolute Gasteiger partial charge is 0.343 e. The highest BCUT2D eigenvalue weighted by Gasteiger charge is 2.28. The number of likely N-dealkylation sites (tertiary alicyclic amines) is 1. The van der Waals surface area contributed by atoms with E-state index in [2.05, 4.69) is 25.5 Å². The molecule has 0 aliphatic carbocycles. The van der Waals surface area contributed by atoms with Crippen molar-refractivity contribution in [2.75, 3.05) is 19.6 Å². The zero-order valence-electron chi connectivity index (χ0n) is 19.1. The standard InChI is InChI=1S/C24H25N7O3/c1-15-21-19(30(2)28-15)12-18(13-25-21)22-27-24(34-29-22)17-8-10-31(11-9-17)20(32)14-26-23(33)16-6-4-3-5-7-16/h3-7,12-13,17H,8-11,14H2,1-2H3,(H,26,33). The van der Waals surface area contributed by atoms with Gasteiger partial charge in [-0.3, -0.25) is 19.3 Å². The summed E-state index contributed by atoms with van der Waals surface area (Å²) in [5.41, 5.74) is 3.94. The van der Waals surface area contributed by atoms with Crippen LogP contribution in [0.3, 0.4) is 0 Å². The molecule has 4 aromatic rings. The molecule has 1 N–H and O–H groups in total. The van der Waals surface area contributed by atoms with Gasteiger partial charge in [-0.05, 0) is 38.0 Å². The molecule has 1 saturated heterocycles. The molecule has 10 nitrogen and oxygen atoms in total. The molecule has 1 aliphatic heterocycles. The van der Waals surface area contributed by atoms with Crippen LogP contribution in [0.2, 0.25) is 0 Å². The van der Waals surface area contributed by atoms with Gasteiger partial charge in [0.2, 0.25) is 17.6 Å². The maximum absolute atomic E-state index is 12.5. The molecule has 0 spiro atoms. The van der Waals surface area contributed by atoms with E-state index in [1.54, 1.807) is 40.0 Å². The summed E-state index contributed by atoms with van der Waals surface area (Å²) in [4.78, 5) is 35.6. The van der Waals surface area contributed by atoms with Crippen molar-refractivity contribution in [2.45, 2.75) is 25.7 Å². The first kappa shape index (κ1) is 21.7. The van der Waals surface area contributed by atoms with Crippen LogP contribution in [0.15, 0.2) is 47.1 Å². The lowest BCUT2D eigenvalue weighted by atomic mass is 9.96. The fourth-order valence-corrected chi connectivity index (χ4v) is 4.28. The molecule has 1 fully saturated rings. The summed E-state index contributed by atoms with van der Waals surface area (Å²) in [5, 5.41) is 11.2. The number of nitrogens with zero attached hydrogens (tertiary/aromatic N) is 6. The highest BCUT2D eigenvalue weighted by molar-refractivity contribution is 5.96. The number of hydrogen-bond donors (Lipinski definition) is 1. The Labute approximate surface area is 196 Å². The van der Waals surface area contributed by atoms with Crippen molar-refractivity contribution in [3.05, 3.63) is 59.7 Å². The molecule has 5 rings (SSSR count). The monoisotopic (exact) mass is 459 g/mol. The highest BCUT2D eigenvalue weighted by atomic mass is 16.5. The van der Waals surface area contributed by atoms with Gasteiger partial charge in [0.25, 0.3) is 5.91 Å². The molecule has 0 bridgehead atoms. The van der Waals surface area contributed by atoms with Gasteiger partial charge in [-0.15, -0.1) is 0 Å².